The van der Waals surface area contributed by atoms with E-state index in [0.29, 0.717) is 13.1 Å². The Labute approximate surface area is 93.7 Å². The highest BCUT2D eigenvalue weighted by atomic mass is 19.1. The fourth-order valence-electron chi connectivity index (χ4n) is 1.61. The first kappa shape index (κ1) is 10.8. The van der Waals surface area contributed by atoms with Gasteiger partial charge in [-0.1, -0.05) is 6.07 Å². The molecular weight excluding hydrogens is 205 g/mol. The van der Waals surface area contributed by atoms with E-state index in [1.54, 1.807) is 12.3 Å². The lowest BCUT2D eigenvalue weighted by Crippen LogP contribution is -2.02. The second-order valence-electron chi connectivity index (χ2n) is 3.82. The second kappa shape index (κ2) is 4.45. The summed E-state index contributed by atoms with van der Waals surface area (Å²) in [5.41, 5.74) is 8.50. The minimum Gasteiger partial charge on any atom is -0.326 e. The predicted molar refractivity (Wildman–Crippen MR) is 60.4 cm³/mol. The van der Waals surface area contributed by atoms with Gasteiger partial charge in [-0.25, -0.2) is 4.39 Å². The zero-order valence-electron chi connectivity index (χ0n) is 9.15. The standard InChI is InChI=1S/C12H14FN3/c1-9-4-12(13)3-2-11(9)8-16-7-10(5-14)6-15-16/h2-4,6-7H,5,8,14H2,1H3. The molecule has 3 nitrogen and oxygen atoms in total. The van der Waals surface area contributed by atoms with Crippen molar-refractivity contribution in [3.05, 3.63) is 53.1 Å². The largest absolute Gasteiger partial charge is 0.326 e. The van der Waals surface area contributed by atoms with E-state index in [1.165, 1.54) is 12.1 Å². The molecule has 1 aromatic carbocycles. The van der Waals surface area contributed by atoms with Gasteiger partial charge >= 0.3 is 0 Å². The van der Waals surface area contributed by atoms with Gasteiger partial charge in [0.2, 0.25) is 0 Å². The maximum Gasteiger partial charge on any atom is 0.123 e. The van der Waals surface area contributed by atoms with Crippen molar-refractivity contribution in [2.24, 2.45) is 5.73 Å². The molecule has 0 atom stereocenters. The third kappa shape index (κ3) is 2.28. The number of rotatable bonds is 3. The van der Waals surface area contributed by atoms with E-state index in [1.807, 2.05) is 17.8 Å². The van der Waals surface area contributed by atoms with E-state index in [-0.39, 0.29) is 5.82 Å². The van der Waals surface area contributed by atoms with Crippen molar-refractivity contribution in [2.45, 2.75) is 20.0 Å². The zero-order chi connectivity index (χ0) is 11.5. The summed E-state index contributed by atoms with van der Waals surface area (Å²) in [5.74, 6) is -0.204. The van der Waals surface area contributed by atoms with Gasteiger partial charge < -0.3 is 5.73 Å². The van der Waals surface area contributed by atoms with E-state index >= 15 is 0 Å². The maximum atomic E-state index is 12.9. The molecule has 2 N–H and O–H groups in total. The van der Waals surface area contributed by atoms with E-state index in [0.717, 1.165) is 16.7 Å². The lowest BCUT2D eigenvalue weighted by molar-refractivity contribution is 0.622. The van der Waals surface area contributed by atoms with Gasteiger partial charge in [0.15, 0.2) is 0 Å². The average Bonchev–Trinajstić information content (AvgIpc) is 2.70. The summed E-state index contributed by atoms with van der Waals surface area (Å²) >= 11 is 0. The topological polar surface area (TPSA) is 43.8 Å². The molecule has 0 saturated heterocycles. The fourth-order valence-corrected chi connectivity index (χ4v) is 1.61. The van der Waals surface area contributed by atoms with Crippen LogP contribution in [0.4, 0.5) is 4.39 Å². The van der Waals surface area contributed by atoms with Gasteiger partial charge in [0.05, 0.1) is 12.7 Å². The van der Waals surface area contributed by atoms with E-state index < -0.39 is 0 Å². The number of halogens is 1. The van der Waals surface area contributed by atoms with Crippen molar-refractivity contribution in [1.82, 2.24) is 9.78 Å². The Morgan fingerprint density at radius 2 is 2.25 bits per heavy atom. The van der Waals surface area contributed by atoms with Crippen LogP contribution in [0.1, 0.15) is 16.7 Å². The van der Waals surface area contributed by atoms with Crippen molar-refractivity contribution in [1.29, 1.82) is 0 Å². The van der Waals surface area contributed by atoms with Crippen LogP contribution in [0.25, 0.3) is 0 Å². The number of hydrogen-bond donors (Lipinski definition) is 1. The summed E-state index contributed by atoms with van der Waals surface area (Å²) in [4.78, 5) is 0. The van der Waals surface area contributed by atoms with Crippen molar-refractivity contribution >= 4 is 0 Å². The van der Waals surface area contributed by atoms with Crippen LogP contribution < -0.4 is 5.73 Å². The lowest BCUT2D eigenvalue weighted by atomic mass is 10.1. The molecule has 1 heterocycles. The average molecular weight is 219 g/mol. The minimum atomic E-state index is -0.204. The molecule has 0 radical (unpaired) electrons. The molecule has 0 spiro atoms. The highest BCUT2D eigenvalue weighted by Crippen LogP contribution is 2.11. The lowest BCUT2D eigenvalue weighted by Gasteiger charge is -2.05. The molecule has 4 heteroatoms. The van der Waals surface area contributed by atoms with Crippen LogP contribution in [-0.4, -0.2) is 9.78 Å². The molecule has 0 aliphatic heterocycles. The first-order chi connectivity index (χ1) is 7.69. The van der Waals surface area contributed by atoms with Crippen molar-refractivity contribution in [3.63, 3.8) is 0 Å². The molecule has 0 fully saturated rings. The Hall–Kier alpha value is -1.68. The van der Waals surface area contributed by atoms with Gasteiger partial charge in [-0.05, 0) is 30.2 Å². The van der Waals surface area contributed by atoms with Gasteiger partial charge in [-0.2, -0.15) is 5.10 Å². The monoisotopic (exact) mass is 219 g/mol. The third-order valence-corrected chi connectivity index (χ3v) is 2.56. The van der Waals surface area contributed by atoms with Crippen LogP contribution in [0, 0.1) is 12.7 Å². The first-order valence-electron chi connectivity index (χ1n) is 5.15. The molecule has 0 aliphatic rings. The normalized spacial score (nSPS) is 10.7. The zero-order valence-corrected chi connectivity index (χ0v) is 9.15. The molecule has 1 aromatic heterocycles. The highest BCUT2D eigenvalue weighted by molar-refractivity contribution is 5.26. The van der Waals surface area contributed by atoms with Crippen LogP contribution in [0.15, 0.2) is 30.6 Å². The van der Waals surface area contributed by atoms with E-state index in [4.69, 9.17) is 5.73 Å². The van der Waals surface area contributed by atoms with Gasteiger partial charge in [-0.15, -0.1) is 0 Å². The summed E-state index contributed by atoms with van der Waals surface area (Å²) in [6, 6.07) is 4.78. The molecule has 2 aromatic rings. The van der Waals surface area contributed by atoms with Crippen LogP contribution in [0.2, 0.25) is 0 Å². The second-order valence-corrected chi connectivity index (χ2v) is 3.82. The molecule has 0 amide bonds. The Morgan fingerprint density at radius 1 is 1.44 bits per heavy atom. The molecule has 0 aliphatic carbocycles. The van der Waals surface area contributed by atoms with Gasteiger partial charge in [-0.3, -0.25) is 4.68 Å². The van der Waals surface area contributed by atoms with Crippen molar-refractivity contribution in [3.8, 4) is 0 Å². The Bertz CT molecular complexity index is 491. The summed E-state index contributed by atoms with van der Waals surface area (Å²) in [5, 5.41) is 4.19. The number of nitrogens with two attached hydrogens (primary N) is 1. The molecule has 84 valence electrons. The summed E-state index contributed by atoms with van der Waals surface area (Å²) < 4.78 is 14.7. The summed E-state index contributed by atoms with van der Waals surface area (Å²) in [6.45, 7) is 3.03. The van der Waals surface area contributed by atoms with E-state index in [2.05, 4.69) is 5.10 Å². The van der Waals surface area contributed by atoms with Gasteiger partial charge in [0.25, 0.3) is 0 Å². The number of benzene rings is 1. The predicted octanol–water partition coefficient (Wildman–Crippen LogP) is 1.84. The van der Waals surface area contributed by atoms with Crippen LogP contribution >= 0.6 is 0 Å². The molecule has 2 rings (SSSR count). The third-order valence-electron chi connectivity index (χ3n) is 2.56. The molecular formula is C12H14FN3. The first-order valence-corrected chi connectivity index (χ1v) is 5.15. The summed E-state index contributed by atoms with van der Waals surface area (Å²) in [7, 11) is 0. The van der Waals surface area contributed by atoms with Crippen LogP contribution in [0.3, 0.4) is 0 Å². The van der Waals surface area contributed by atoms with Crippen molar-refractivity contribution < 1.29 is 4.39 Å². The maximum absolute atomic E-state index is 12.9. The number of hydrogen-bond acceptors (Lipinski definition) is 2. The fraction of sp³-hybridized carbons (Fsp3) is 0.250. The number of aryl methyl sites for hydroxylation is 1. The van der Waals surface area contributed by atoms with Crippen LogP contribution in [0.5, 0.6) is 0 Å². The number of aromatic nitrogens is 2. The molecule has 0 saturated carbocycles. The summed E-state index contributed by atoms with van der Waals surface area (Å²) in [6.07, 6.45) is 3.65. The van der Waals surface area contributed by atoms with E-state index in [9.17, 15) is 4.39 Å². The van der Waals surface area contributed by atoms with Crippen molar-refractivity contribution in [2.75, 3.05) is 0 Å². The quantitative estimate of drug-likeness (QED) is 0.856. The SMILES string of the molecule is Cc1cc(F)ccc1Cn1cc(CN)cn1. The Balaban J connectivity index is 2.20. The van der Waals surface area contributed by atoms with Crippen LogP contribution in [-0.2, 0) is 13.1 Å². The molecule has 0 bridgehead atoms. The van der Waals surface area contributed by atoms with Gasteiger partial charge in [0, 0.05) is 18.3 Å². The Kier molecular flexibility index (Phi) is 3.01. The molecule has 0 unspecified atom stereocenters. The smallest absolute Gasteiger partial charge is 0.123 e. The number of nitrogens with zero attached hydrogens (tertiary/aromatic N) is 2. The van der Waals surface area contributed by atoms with Gasteiger partial charge in [0.1, 0.15) is 5.82 Å². The Morgan fingerprint density at radius 3 is 2.88 bits per heavy atom. The minimum absolute atomic E-state index is 0.204. The highest BCUT2D eigenvalue weighted by Gasteiger charge is 2.02. The molecule has 16 heavy (non-hydrogen) atoms.